The molecular formula is C23H22N2O6S. The fourth-order valence-electron chi connectivity index (χ4n) is 2.91. The highest BCUT2D eigenvalue weighted by Gasteiger charge is 2.26. The van der Waals surface area contributed by atoms with Gasteiger partial charge in [-0.25, -0.2) is 13.2 Å². The van der Waals surface area contributed by atoms with Crippen molar-refractivity contribution in [2.75, 3.05) is 23.4 Å². The average molecular weight is 455 g/mol. The summed E-state index contributed by atoms with van der Waals surface area (Å²) in [5.74, 6) is -0.772. The van der Waals surface area contributed by atoms with Gasteiger partial charge in [0.2, 0.25) is 16.1 Å². The van der Waals surface area contributed by atoms with Crippen LogP contribution in [0.25, 0.3) is 0 Å². The monoisotopic (exact) mass is 454 g/mol. The van der Waals surface area contributed by atoms with Gasteiger partial charge in [0.05, 0.1) is 18.9 Å². The molecule has 8 nitrogen and oxygen atoms in total. The van der Waals surface area contributed by atoms with Gasteiger partial charge in [0, 0.05) is 23.0 Å². The van der Waals surface area contributed by atoms with Crippen LogP contribution in [0.4, 0.5) is 11.4 Å². The minimum Gasteiger partial charge on any atom is -0.497 e. The van der Waals surface area contributed by atoms with Crippen molar-refractivity contribution in [2.45, 2.75) is 6.10 Å². The first-order valence-corrected chi connectivity index (χ1v) is 11.4. The maximum Gasteiger partial charge on any atom is 0.339 e. The van der Waals surface area contributed by atoms with E-state index in [-0.39, 0.29) is 11.3 Å². The maximum absolute atomic E-state index is 13.0. The van der Waals surface area contributed by atoms with E-state index in [0.29, 0.717) is 17.0 Å². The lowest BCUT2D eigenvalue weighted by atomic mass is 10.1. The Morgan fingerprint density at radius 2 is 1.56 bits per heavy atom. The number of amides is 1. The van der Waals surface area contributed by atoms with E-state index in [1.807, 2.05) is 0 Å². The van der Waals surface area contributed by atoms with Crippen molar-refractivity contribution in [3.63, 3.8) is 0 Å². The number of benzene rings is 3. The van der Waals surface area contributed by atoms with E-state index in [0.717, 1.165) is 6.26 Å². The molecule has 3 aromatic rings. The number of sulfonamides is 1. The summed E-state index contributed by atoms with van der Waals surface area (Å²) >= 11 is 0. The third kappa shape index (κ3) is 6.32. The van der Waals surface area contributed by atoms with Crippen molar-refractivity contribution < 1.29 is 27.5 Å². The summed E-state index contributed by atoms with van der Waals surface area (Å²) in [5, 5.41) is 2.73. The van der Waals surface area contributed by atoms with Crippen LogP contribution >= 0.6 is 0 Å². The molecule has 0 bridgehead atoms. The number of hydrogen-bond acceptors (Lipinski definition) is 6. The van der Waals surface area contributed by atoms with Crippen LogP contribution < -0.4 is 14.8 Å². The van der Waals surface area contributed by atoms with Gasteiger partial charge in [-0.1, -0.05) is 42.5 Å². The number of esters is 1. The summed E-state index contributed by atoms with van der Waals surface area (Å²) in [6, 6.07) is 21.2. The van der Waals surface area contributed by atoms with E-state index in [1.165, 1.54) is 31.4 Å². The van der Waals surface area contributed by atoms with E-state index in [2.05, 4.69) is 10.0 Å². The van der Waals surface area contributed by atoms with Crippen molar-refractivity contribution in [2.24, 2.45) is 0 Å². The molecule has 3 aromatic carbocycles. The molecule has 1 amide bonds. The quantitative estimate of drug-likeness (QED) is 0.503. The van der Waals surface area contributed by atoms with Crippen molar-refractivity contribution in [3.05, 3.63) is 90.0 Å². The summed E-state index contributed by atoms with van der Waals surface area (Å²) in [7, 11) is -2.00. The summed E-state index contributed by atoms with van der Waals surface area (Å²) in [6.07, 6.45) is -0.229. The van der Waals surface area contributed by atoms with Crippen LogP contribution in [0.1, 0.15) is 22.0 Å². The van der Waals surface area contributed by atoms with Crippen LogP contribution in [0.2, 0.25) is 0 Å². The number of anilines is 2. The van der Waals surface area contributed by atoms with Gasteiger partial charge < -0.3 is 14.8 Å². The fourth-order valence-corrected chi connectivity index (χ4v) is 3.46. The van der Waals surface area contributed by atoms with E-state index in [4.69, 9.17) is 9.47 Å². The summed E-state index contributed by atoms with van der Waals surface area (Å²) < 4.78 is 35.9. The molecule has 0 heterocycles. The lowest BCUT2D eigenvalue weighted by Gasteiger charge is -2.18. The Labute approximate surface area is 186 Å². The number of rotatable bonds is 8. The van der Waals surface area contributed by atoms with Gasteiger partial charge in [-0.3, -0.25) is 9.52 Å². The number of methoxy groups -OCH3 is 1. The molecule has 0 fully saturated rings. The van der Waals surface area contributed by atoms with Crippen molar-refractivity contribution in [1.82, 2.24) is 0 Å². The second-order valence-electron chi connectivity index (χ2n) is 6.87. The molecule has 0 aliphatic carbocycles. The van der Waals surface area contributed by atoms with Crippen LogP contribution in [0, 0.1) is 0 Å². The van der Waals surface area contributed by atoms with Crippen molar-refractivity contribution in [3.8, 4) is 5.75 Å². The average Bonchev–Trinajstić information content (AvgIpc) is 2.77. The Kier molecular flexibility index (Phi) is 7.11. The third-order valence-corrected chi connectivity index (χ3v) is 4.91. The molecule has 0 radical (unpaired) electrons. The Morgan fingerprint density at radius 3 is 2.25 bits per heavy atom. The van der Waals surface area contributed by atoms with E-state index in [1.54, 1.807) is 54.6 Å². The minimum atomic E-state index is -3.52. The largest absolute Gasteiger partial charge is 0.497 e. The number of carbonyl (C=O) groups is 2. The molecule has 0 aliphatic heterocycles. The molecular weight excluding hydrogens is 432 g/mol. The lowest BCUT2D eigenvalue weighted by molar-refractivity contribution is -0.125. The first-order valence-electron chi connectivity index (χ1n) is 9.54. The maximum atomic E-state index is 13.0. The topological polar surface area (TPSA) is 111 Å². The van der Waals surface area contributed by atoms with Gasteiger partial charge >= 0.3 is 5.97 Å². The predicted octanol–water partition coefficient (Wildman–Crippen LogP) is 3.60. The van der Waals surface area contributed by atoms with Crippen LogP contribution in [-0.4, -0.2) is 33.7 Å². The molecule has 3 rings (SSSR count). The van der Waals surface area contributed by atoms with Gasteiger partial charge in [-0.15, -0.1) is 0 Å². The van der Waals surface area contributed by atoms with Gasteiger partial charge in [-0.05, 0) is 30.3 Å². The zero-order valence-corrected chi connectivity index (χ0v) is 18.3. The Morgan fingerprint density at radius 1 is 0.875 bits per heavy atom. The van der Waals surface area contributed by atoms with Crippen LogP contribution in [0.5, 0.6) is 5.75 Å². The molecule has 1 unspecified atom stereocenters. The van der Waals surface area contributed by atoms with Gasteiger partial charge in [0.25, 0.3) is 5.91 Å². The van der Waals surface area contributed by atoms with Crippen molar-refractivity contribution >= 4 is 33.3 Å². The number of nitrogens with one attached hydrogen (secondary N) is 2. The van der Waals surface area contributed by atoms with Gasteiger partial charge in [-0.2, -0.15) is 0 Å². The second kappa shape index (κ2) is 9.97. The first-order chi connectivity index (χ1) is 15.2. The van der Waals surface area contributed by atoms with Crippen LogP contribution in [0.15, 0.2) is 78.9 Å². The summed E-state index contributed by atoms with van der Waals surface area (Å²) in [4.78, 5) is 25.8. The molecule has 0 saturated heterocycles. The smallest absolute Gasteiger partial charge is 0.339 e. The highest BCUT2D eigenvalue weighted by Crippen LogP contribution is 2.24. The number of ether oxygens (including phenoxy) is 2. The van der Waals surface area contributed by atoms with Gasteiger partial charge in [0.1, 0.15) is 5.75 Å². The molecule has 0 aromatic heterocycles. The van der Waals surface area contributed by atoms with Crippen molar-refractivity contribution in [1.29, 1.82) is 0 Å². The van der Waals surface area contributed by atoms with Gasteiger partial charge in [0.15, 0.2) is 0 Å². The molecule has 9 heteroatoms. The zero-order valence-electron chi connectivity index (χ0n) is 17.4. The normalized spacial score (nSPS) is 11.8. The third-order valence-electron chi connectivity index (χ3n) is 4.30. The molecule has 2 N–H and O–H groups in total. The molecule has 166 valence electrons. The molecule has 0 spiro atoms. The highest BCUT2D eigenvalue weighted by atomic mass is 32.2. The number of hydrogen-bond donors (Lipinski definition) is 2. The Hall–Kier alpha value is -3.85. The Balaban J connectivity index is 1.84. The molecule has 1 atom stereocenters. The SMILES string of the molecule is COc1cccc(NC(=O)C(OC(=O)c2cccc(NS(C)(=O)=O)c2)c2ccccc2)c1. The summed E-state index contributed by atoms with van der Waals surface area (Å²) in [5.41, 5.74) is 1.25. The highest BCUT2D eigenvalue weighted by molar-refractivity contribution is 7.92. The fraction of sp³-hybridized carbons (Fsp3) is 0.130. The molecule has 0 saturated carbocycles. The second-order valence-corrected chi connectivity index (χ2v) is 8.62. The zero-order chi connectivity index (χ0) is 23.1. The molecule has 0 aliphatic rings. The first kappa shape index (κ1) is 22.8. The Bertz CT molecular complexity index is 1210. The van der Waals surface area contributed by atoms with Crippen LogP contribution in [-0.2, 0) is 19.6 Å². The molecule has 32 heavy (non-hydrogen) atoms. The van der Waals surface area contributed by atoms with E-state index >= 15 is 0 Å². The number of carbonyl (C=O) groups excluding carboxylic acids is 2. The predicted molar refractivity (Wildman–Crippen MR) is 121 cm³/mol. The van der Waals surface area contributed by atoms with E-state index in [9.17, 15) is 18.0 Å². The minimum absolute atomic E-state index is 0.0914. The van der Waals surface area contributed by atoms with Crippen LogP contribution in [0.3, 0.4) is 0 Å². The standard InChI is InChI=1S/C23H22N2O6S/c1-30-20-13-7-11-18(15-20)24-22(26)21(16-8-4-3-5-9-16)31-23(27)17-10-6-12-19(14-17)25-32(2,28)29/h3-15,21,25H,1-2H3,(H,24,26). The summed E-state index contributed by atoms with van der Waals surface area (Å²) in [6.45, 7) is 0. The van der Waals surface area contributed by atoms with E-state index < -0.39 is 28.0 Å². The lowest BCUT2D eigenvalue weighted by Crippen LogP contribution is -2.26.